The molecule has 0 saturated heterocycles. The van der Waals surface area contributed by atoms with Crippen molar-refractivity contribution in [2.75, 3.05) is 13.2 Å². The van der Waals surface area contributed by atoms with E-state index in [-0.39, 0.29) is 44.0 Å². The SMILES string of the molecule is C=CC(=O)OCCOOc1ccccc1C(=O)[O-].[Zn+2]. The molecule has 0 aliphatic rings. The number of carbonyl (C=O) groups excluding carboxylic acids is 2. The summed E-state index contributed by atoms with van der Waals surface area (Å²) >= 11 is 0. The van der Waals surface area contributed by atoms with Gasteiger partial charge >= 0.3 is 25.4 Å². The van der Waals surface area contributed by atoms with Crippen LogP contribution in [0.3, 0.4) is 0 Å². The normalized spacial score (nSPS) is 9.05. The van der Waals surface area contributed by atoms with Crippen molar-refractivity contribution in [2.24, 2.45) is 0 Å². The average molecular weight is 317 g/mol. The van der Waals surface area contributed by atoms with Crippen molar-refractivity contribution < 1.29 is 48.7 Å². The predicted molar refractivity (Wildman–Crippen MR) is 58.5 cm³/mol. The molecule has 0 N–H and O–H groups in total. The van der Waals surface area contributed by atoms with Crippen molar-refractivity contribution in [3.05, 3.63) is 42.5 Å². The fourth-order valence-corrected chi connectivity index (χ4v) is 1.05. The molecule has 0 radical (unpaired) electrons. The van der Waals surface area contributed by atoms with E-state index in [0.29, 0.717) is 0 Å². The van der Waals surface area contributed by atoms with Crippen LogP contribution in [0.1, 0.15) is 10.4 Å². The van der Waals surface area contributed by atoms with Crippen LogP contribution < -0.4 is 9.99 Å². The van der Waals surface area contributed by atoms with Gasteiger partial charge in [-0.3, -0.25) is 0 Å². The van der Waals surface area contributed by atoms with Crippen molar-refractivity contribution >= 4 is 11.9 Å². The second-order valence-corrected chi connectivity index (χ2v) is 3.06. The molecule has 0 atom stereocenters. The molecule has 96 valence electrons. The molecule has 1 aromatic carbocycles. The zero-order valence-electron chi connectivity index (χ0n) is 10.2. The Morgan fingerprint density at radius 2 is 1.95 bits per heavy atom. The smallest absolute Gasteiger partial charge is 0.545 e. The number of para-hydroxylation sites is 1. The van der Waals surface area contributed by atoms with E-state index in [1.165, 1.54) is 18.2 Å². The summed E-state index contributed by atoms with van der Waals surface area (Å²) < 4.78 is 4.62. The number of ether oxygens (including phenoxy) is 1. The van der Waals surface area contributed by atoms with Crippen LogP contribution in [0.4, 0.5) is 0 Å². The van der Waals surface area contributed by atoms with Gasteiger partial charge in [0.25, 0.3) is 0 Å². The zero-order valence-corrected chi connectivity index (χ0v) is 13.1. The average Bonchev–Trinajstić information content (AvgIpc) is 2.38. The molecular formula is C12H11O6Zn+. The Morgan fingerprint density at radius 3 is 2.58 bits per heavy atom. The molecule has 0 unspecified atom stereocenters. The number of rotatable bonds is 7. The Balaban J connectivity index is 0.00000324. The summed E-state index contributed by atoms with van der Waals surface area (Å²) in [6.07, 6.45) is 1.02. The molecule has 0 bridgehead atoms. The molecule has 1 rings (SSSR count). The van der Waals surface area contributed by atoms with Crippen LogP contribution in [0.5, 0.6) is 5.75 Å². The molecule has 1 aromatic rings. The van der Waals surface area contributed by atoms with Gasteiger partial charge in [-0.1, -0.05) is 18.7 Å². The van der Waals surface area contributed by atoms with Gasteiger partial charge in [-0.2, -0.15) is 4.89 Å². The minimum absolute atomic E-state index is 0. The third-order valence-electron chi connectivity index (χ3n) is 1.83. The van der Waals surface area contributed by atoms with Crippen molar-refractivity contribution in [2.45, 2.75) is 0 Å². The first-order valence-corrected chi connectivity index (χ1v) is 5.04. The third-order valence-corrected chi connectivity index (χ3v) is 1.83. The summed E-state index contributed by atoms with van der Waals surface area (Å²) in [4.78, 5) is 30.9. The molecule has 19 heavy (non-hydrogen) atoms. The molecule has 0 amide bonds. The topological polar surface area (TPSA) is 84.9 Å². The largest absolute Gasteiger partial charge is 2.00 e. The van der Waals surface area contributed by atoms with Gasteiger partial charge in [-0.25, -0.2) is 4.79 Å². The molecule has 7 heteroatoms. The van der Waals surface area contributed by atoms with E-state index >= 15 is 0 Å². The molecule has 0 aromatic heterocycles. The number of hydrogen-bond acceptors (Lipinski definition) is 6. The van der Waals surface area contributed by atoms with Crippen LogP contribution in [0, 0.1) is 0 Å². The number of carboxylic acid groups (broad SMARTS) is 1. The first-order chi connectivity index (χ1) is 8.65. The number of esters is 1. The maximum atomic E-state index is 10.7. The summed E-state index contributed by atoms with van der Waals surface area (Å²) in [7, 11) is 0. The summed E-state index contributed by atoms with van der Waals surface area (Å²) in [5.74, 6) is -1.92. The Hall–Kier alpha value is -1.72. The van der Waals surface area contributed by atoms with Crippen LogP contribution in [-0.2, 0) is 33.9 Å². The van der Waals surface area contributed by atoms with E-state index < -0.39 is 11.9 Å². The first-order valence-electron chi connectivity index (χ1n) is 5.04. The summed E-state index contributed by atoms with van der Waals surface area (Å²) in [6.45, 7) is 3.15. The van der Waals surface area contributed by atoms with Gasteiger partial charge in [0, 0.05) is 11.6 Å². The van der Waals surface area contributed by atoms with Gasteiger partial charge in [0.1, 0.15) is 13.2 Å². The molecular weight excluding hydrogens is 306 g/mol. The number of benzene rings is 1. The van der Waals surface area contributed by atoms with Crippen LogP contribution >= 0.6 is 0 Å². The molecule has 0 aliphatic carbocycles. The van der Waals surface area contributed by atoms with Crippen LogP contribution in [0.15, 0.2) is 36.9 Å². The standard InChI is InChI=1S/C12H12O6.Zn/c1-2-11(13)16-7-8-17-18-10-6-4-3-5-9(10)12(14)15;/h2-6H,1,7-8H2,(H,14,15);/q;+2/p-1. The van der Waals surface area contributed by atoms with Crippen molar-refractivity contribution in [1.82, 2.24) is 0 Å². The maximum absolute atomic E-state index is 10.7. The van der Waals surface area contributed by atoms with Gasteiger partial charge in [0.15, 0.2) is 5.75 Å². The number of hydrogen-bond donors (Lipinski definition) is 0. The molecule has 0 heterocycles. The molecule has 0 fully saturated rings. The molecule has 0 aliphatic heterocycles. The van der Waals surface area contributed by atoms with Gasteiger partial charge in [-0.05, 0) is 12.1 Å². The van der Waals surface area contributed by atoms with E-state index in [9.17, 15) is 14.7 Å². The molecule has 0 spiro atoms. The first kappa shape index (κ1) is 17.3. The van der Waals surface area contributed by atoms with E-state index in [4.69, 9.17) is 9.78 Å². The van der Waals surface area contributed by atoms with Crippen LogP contribution in [-0.4, -0.2) is 25.2 Å². The van der Waals surface area contributed by atoms with Gasteiger partial charge in [0.2, 0.25) is 0 Å². The Labute approximate surface area is 122 Å². The molecule has 6 nitrogen and oxygen atoms in total. The molecule has 0 saturated carbocycles. The predicted octanol–water partition coefficient (Wildman–Crippen LogP) is 0.0872. The second-order valence-electron chi connectivity index (χ2n) is 3.06. The quantitative estimate of drug-likeness (QED) is 0.177. The summed E-state index contributed by atoms with van der Waals surface area (Å²) in [6, 6.07) is 5.86. The third kappa shape index (κ3) is 6.13. The fourth-order valence-electron chi connectivity index (χ4n) is 1.05. The Morgan fingerprint density at radius 1 is 1.26 bits per heavy atom. The van der Waals surface area contributed by atoms with Crippen LogP contribution in [0.2, 0.25) is 0 Å². The monoisotopic (exact) mass is 315 g/mol. The van der Waals surface area contributed by atoms with Gasteiger partial charge in [0.05, 0.1) is 5.97 Å². The number of carboxylic acids is 1. The van der Waals surface area contributed by atoms with E-state index in [0.717, 1.165) is 6.08 Å². The van der Waals surface area contributed by atoms with Crippen molar-refractivity contribution in [3.8, 4) is 5.75 Å². The maximum Gasteiger partial charge on any atom is 2.00 e. The van der Waals surface area contributed by atoms with E-state index in [1.54, 1.807) is 6.07 Å². The Bertz CT molecular complexity index is 446. The van der Waals surface area contributed by atoms with Gasteiger partial charge in [-0.15, -0.1) is 0 Å². The van der Waals surface area contributed by atoms with E-state index in [2.05, 4.69) is 11.3 Å². The summed E-state index contributed by atoms with van der Waals surface area (Å²) in [5, 5.41) is 10.7. The fraction of sp³-hybridized carbons (Fsp3) is 0.167. The number of carbonyl (C=O) groups is 2. The minimum Gasteiger partial charge on any atom is -0.545 e. The van der Waals surface area contributed by atoms with E-state index in [1.807, 2.05) is 0 Å². The number of aromatic carboxylic acids is 1. The van der Waals surface area contributed by atoms with Crippen LogP contribution in [0.25, 0.3) is 0 Å². The minimum atomic E-state index is -1.37. The second kappa shape index (κ2) is 9.24. The van der Waals surface area contributed by atoms with Crippen molar-refractivity contribution in [1.29, 1.82) is 0 Å². The zero-order chi connectivity index (χ0) is 13.4. The Kier molecular flexibility index (Phi) is 8.41. The summed E-state index contributed by atoms with van der Waals surface area (Å²) in [5.41, 5.74) is -0.124. The van der Waals surface area contributed by atoms with Crippen molar-refractivity contribution in [3.63, 3.8) is 0 Å². The van der Waals surface area contributed by atoms with Gasteiger partial charge < -0.3 is 19.5 Å².